The number of nitrogens with one attached hydrogen (secondary N) is 1. The molecule has 1 fully saturated rings. The minimum atomic E-state index is 0.491. The van der Waals surface area contributed by atoms with E-state index in [0.717, 1.165) is 24.5 Å². The predicted molar refractivity (Wildman–Crippen MR) is 104 cm³/mol. The van der Waals surface area contributed by atoms with E-state index in [0.29, 0.717) is 23.8 Å². The zero-order valence-electron chi connectivity index (χ0n) is 15.4. The van der Waals surface area contributed by atoms with Crippen LogP contribution in [-0.4, -0.2) is 41.9 Å². The van der Waals surface area contributed by atoms with Crippen molar-refractivity contribution < 1.29 is 4.42 Å². The second-order valence-electron chi connectivity index (χ2n) is 7.08. The summed E-state index contributed by atoms with van der Waals surface area (Å²) >= 11 is 0. The van der Waals surface area contributed by atoms with E-state index in [1.807, 2.05) is 18.3 Å². The molecule has 1 atom stereocenters. The third-order valence-corrected chi connectivity index (χ3v) is 5.37. The number of hydrazone groups is 1. The summed E-state index contributed by atoms with van der Waals surface area (Å²) in [7, 11) is 2.12. The van der Waals surface area contributed by atoms with Crippen LogP contribution in [0, 0.1) is 0 Å². The van der Waals surface area contributed by atoms with Gasteiger partial charge in [-0.3, -0.25) is 0 Å². The van der Waals surface area contributed by atoms with Crippen LogP contribution in [-0.2, 0) is 0 Å². The van der Waals surface area contributed by atoms with Crippen molar-refractivity contribution in [2.45, 2.75) is 51.1 Å². The molecular weight excluding hydrogens is 328 g/mol. The topological polar surface area (TPSA) is 69.8 Å². The van der Waals surface area contributed by atoms with Crippen LogP contribution in [0.4, 0.5) is 17.5 Å². The number of rotatable bonds is 5. The van der Waals surface area contributed by atoms with Gasteiger partial charge < -0.3 is 14.2 Å². The zero-order chi connectivity index (χ0) is 17.9. The van der Waals surface area contributed by atoms with E-state index in [2.05, 4.69) is 39.3 Å². The Labute approximate surface area is 154 Å². The van der Waals surface area contributed by atoms with E-state index < -0.39 is 0 Å². The van der Waals surface area contributed by atoms with Crippen molar-refractivity contribution in [2.24, 2.45) is 5.10 Å². The molecule has 1 unspecified atom stereocenters. The van der Waals surface area contributed by atoms with Crippen molar-refractivity contribution in [3.05, 3.63) is 30.4 Å². The Bertz CT molecular complexity index is 753. The average Bonchev–Trinajstić information content (AvgIpc) is 3.35. The van der Waals surface area contributed by atoms with E-state index in [1.54, 1.807) is 12.5 Å². The SMILES string of the molecule is CCC1CN(C)c2cnc(N/N=C/c3ccco3)nc2N1C1CCCC1. The Kier molecular flexibility index (Phi) is 4.77. The first-order valence-corrected chi connectivity index (χ1v) is 9.45. The van der Waals surface area contributed by atoms with Gasteiger partial charge in [-0.05, 0) is 31.4 Å². The van der Waals surface area contributed by atoms with Crippen LogP contribution in [0.5, 0.6) is 0 Å². The Balaban J connectivity index is 1.61. The maximum Gasteiger partial charge on any atom is 0.245 e. The van der Waals surface area contributed by atoms with Crippen molar-refractivity contribution in [1.82, 2.24) is 9.97 Å². The summed E-state index contributed by atoms with van der Waals surface area (Å²) in [6.07, 6.45) is 11.4. The molecule has 1 aliphatic carbocycles. The van der Waals surface area contributed by atoms with Gasteiger partial charge in [-0.25, -0.2) is 10.4 Å². The van der Waals surface area contributed by atoms with Gasteiger partial charge in [0.15, 0.2) is 5.82 Å². The molecule has 0 radical (unpaired) electrons. The van der Waals surface area contributed by atoms with Crippen LogP contribution in [0.15, 0.2) is 34.1 Å². The van der Waals surface area contributed by atoms with Gasteiger partial charge in [-0.15, -0.1) is 0 Å². The fraction of sp³-hybridized carbons (Fsp3) is 0.526. The molecule has 138 valence electrons. The lowest BCUT2D eigenvalue weighted by atomic mass is 10.0. The van der Waals surface area contributed by atoms with E-state index >= 15 is 0 Å². The van der Waals surface area contributed by atoms with Gasteiger partial charge in [-0.2, -0.15) is 10.1 Å². The largest absolute Gasteiger partial charge is 0.463 e. The van der Waals surface area contributed by atoms with Crippen LogP contribution in [0.2, 0.25) is 0 Å². The fourth-order valence-corrected chi connectivity index (χ4v) is 4.05. The molecule has 2 aliphatic rings. The van der Waals surface area contributed by atoms with E-state index in [-0.39, 0.29) is 0 Å². The number of nitrogens with zero attached hydrogens (tertiary/aromatic N) is 5. The Morgan fingerprint density at radius 2 is 2.23 bits per heavy atom. The number of aromatic nitrogens is 2. The first-order chi connectivity index (χ1) is 12.8. The van der Waals surface area contributed by atoms with Crippen LogP contribution in [0.1, 0.15) is 44.8 Å². The van der Waals surface area contributed by atoms with Crippen molar-refractivity contribution >= 4 is 23.7 Å². The molecule has 2 aromatic rings. The van der Waals surface area contributed by atoms with Gasteiger partial charge in [0.05, 0.1) is 24.4 Å². The number of anilines is 3. The predicted octanol–water partition coefficient (Wildman–Crippen LogP) is 3.49. The minimum Gasteiger partial charge on any atom is -0.463 e. The first-order valence-electron chi connectivity index (χ1n) is 9.45. The van der Waals surface area contributed by atoms with Gasteiger partial charge in [0.1, 0.15) is 5.76 Å². The molecule has 0 aromatic carbocycles. The molecule has 3 heterocycles. The Hall–Kier alpha value is -2.57. The lowest BCUT2D eigenvalue weighted by Crippen LogP contribution is -2.52. The first kappa shape index (κ1) is 16.9. The van der Waals surface area contributed by atoms with Crippen LogP contribution < -0.4 is 15.2 Å². The van der Waals surface area contributed by atoms with Gasteiger partial charge in [0, 0.05) is 25.7 Å². The van der Waals surface area contributed by atoms with E-state index in [1.165, 1.54) is 25.7 Å². The molecule has 0 bridgehead atoms. The lowest BCUT2D eigenvalue weighted by molar-refractivity contribution is 0.476. The molecule has 26 heavy (non-hydrogen) atoms. The Morgan fingerprint density at radius 1 is 1.38 bits per heavy atom. The molecule has 0 saturated heterocycles. The van der Waals surface area contributed by atoms with Crippen LogP contribution in [0.3, 0.4) is 0 Å². The highest BCUT2D eigenvalue weighted by molar-refractivity contribution is 5.76. The summed E-state index contributed by atoms with van der Waals surface area (Å²) in [6, 6.07) is 4.75. The maximum absolute atomic E-state index is 5.24. The summed E-state index contributed by atoms with van der Waals surface area (Å²) in [5.41, 5.74) is 4.03. The molecule has 7 heteroatoms. The minimum absolute atomic E-state index is 0.491. The molecule has 7 nitrogen and oxygen atoms in total. The smallest absolute Gasteiger partial charge is 0.245 e. The quantitative estimate of drug-likeness (QED) is 0.655. The number of hydrogen-bond acceptors (Lipinski definition) is 7. The molecule has 0 amide bonds. The lowest BCUT2D eigenvalue weighted by Gasteiger charge is -2.45. The summed E-state index contributed by atoms with van der Waals surface area (Å²) in [5.74, 6) is 2.23. The normalized spacial score (nSPS) is 20.8. The number of hydrogen-bond donors (Lipinski definition) is 1. The van der Waals surface area contributed by atoms with Crippen molar-refractivity contribution in [2.75, 3.05) is 28.8 Å². The Morgan fingerprint density at radius 3 is 2.96 bits per heavy atom. The van der Waals surface area contributed by atoms with Gasteiger partial charge in [-0.1, -0.05) is 19.8 Å². The number of fused-ring (bicyclic) bond motifs is 1. The fourth-order valence-electron chi connectivity index (χ4n) is 4.05. The van der Waals surface area contributed by atoms with Crippen molar-refractivity contribution in [3.63, 3.8) is 0 Å². The molecule has 1 N–H and O–H groups in total. The third kappa shape index (κ3) is 3.25. The summed E-state index contributed by atoms with van der Waals surface area (Å²) in [4.78, 5) is 14.1. The van der Waals surface area contributed by atoms with Gasteiger partial charge >= 0.3 is 0 Å². The second kappa shape index (κ2) is 7.35. The molecule has 1 saturated carbocycles. The molecule has 4 rings (SSSR count). The molecule has 1 aliphatic heterocycles. The van der Waals surface area contributed by atoms with Crippen LogP contribution >= 0.6 is 0 Å². The standard InChI is InChI=1S/C19H26N6O/c1-3-14-13-24(2)17-12-20-19(23-21-11-16-9-6-10-26-16)22-18(17)25(14)15-7-4-5-8-15/h6,9-12,14-15H,3-5,7-8,13H2,1-2H3,(H,20,22,23)/b21-11+. The highest BCUT2D eigenvalue weighted by Crippen LogP contribution is 2.39. The van der Waals surface area contributed by atoms with Gasteiger partial charge in [0.25, 0.3) is 0 Å². The maximum atomic E-state index is 5.24. The van der Waals surface area contributed by atoms with Gasteiger partial charge in [0.2, 0.25) is 5.95 Å². The number of likely N-dealkylation sites (N-methyl/N-ethyl adjacent to an activating group) is 1. The zero-order valence-corrected chi connectivity index (χ0v) is 15.4. The monoisotopic (exact) mass is 354 g/mol. The summed E-state index contributed by atoms with van der Waals surface area (Å²) < 4.78 is 5.24. The molecular formula is C19H26N6O. The number of furan rings is 1. The second-order valence-corrected chi connectivity index (χ2v) is 7.08. The van der Waals surface area contributed by atoms with Crippen LogP contribution in [0.25, 0.3) is 0 Å². The summed E-state index contributed by atoms with van der Waals surface area (Å²) in [5, 5.41) is 4.19. The van der Waals surface area contributed by atoms with E-state index in [4.69, 9.17) is 9.40 Å². The van der Waals surface area contributed by atoms with E-state index in [9.17, 15) is 0 Å². The van der Waals surface area contributed by atoms with Crippen molar-refractivity contribution in [3.8, 4) is 0 Å². The highest BCUT2D eigenvalue weighted by atomic mass is 16.3. The molecule has 0 spiro atoms. The average molecular weight is 354 g/mol. The highest BCUT2D eigenvalue weighted by Gasteiger charge is 2.35. The van der Waals surface area contributed by atoms with Crippen molar-refractivity contribution in [1.29, 1.82) is 0 Å². The summed E-state index contributed by atoms with van der Waals surface area (Å²) in [6.45, 7) is 3.28. The molecule has 2 aromatic heterocycles. The third-order valence-electron chi connectivity index (χ3n) is 5.37.